The topological polar surface area (TPSA) is 21.3 Å². The Balaban J connectivity index is 2.14. The third-order valence-corrected chi connectivity index (χ3v) is 4.08. The number of nitrogens with one attached hydrogen (secondary N) is 1. The first-order chi connectivity index (χ1) is 9.35. The summed E-state index contributed by atoms with van der Waals surface area (Å²) in [5.74, 6) is 1.74. The molecule has 2 atom stereocenters. The van der Waals surface area contributed by atoms with Crippen molar-refractivity contribution in [3.63, 3.8) is 0 Å². The first-order valence-electron chi connectivity index (χ1n) is 7.80. The van der Waals surface area contributed by atoms with Gasteiger partial charge in [-0.2, -0.15) is 0 Å². The largest absolute Gasteiger partial charge is 0.494 e. The zero-order valence-electron chi connectivity index (χ0n) is 12.3. The molecule has 0 heterocycles. The predicted molar refractivity (Wildman–Crippen MR) is 80.9 cm³/mol. The summed E-state index contributed by atoms with van der Waals surface area (Å²) in [4.78, 5) is 0. The van der Waals surface area contributed by atoms with E-state index in [4.69, 9.17) is 4.74 Å². The predicted octanol–water partition coefficient (Wildman–Crippen LogP) is 4.11. The highest BCUT2D eigenvalue weighted by Gasteiger charge is 2.23. The van der Waals surface area contributed by atoms with Gasteiger partial charge in [-0.05, 0) is 50.3 Å². The second-order valence-corrected chi connectivity index (χ2v) is 5.44. The minimum Gasteiger partial charge on any atom is -0.494 e. The maximum Gasteiger partial charge on any atom is 0.122 e. The van der Waals surface area contributed by atoms with E-state index >= 15 is 0 Å². The molecule has 1 saturated carbocycles. The number of hydrogen-bond donors (Lipinski definition) is 1. The average molecular weight is 261 g/mol. The van der Waals surface area contributed by atoms with Crippen molar-refractivity contribution < 1.29 is 4.74 Å². The van der Waals surface area contributed by atoms with Crippen LogP contribution < -0.4 is 10.1 Å². The zero-order chi connectivity index (χ0) is 13.5. The van der Waals surface area contributed by atoms with Crippen LogP contribution in [0.2, 0.25) is 0 Å². The maximum absolute atomic E-state index is 5.81. The van der Waals surface area contributed by atoms with Crippen molar-refractivity contribution in [3.8, 4) is 5.75 Å². The van der Waals surface area contributed by atoms with Crippen LogP contribution in [0.25, 0.3) is 0 Å². The molecule has 19 heavy (non-hydrogen) atoms. The third kappa shape index (κ3) is 3.97. The summed E-state index contributed by atoms with van der Waals surface area (Å²) in [6.07, 6.45) is 6.56. The van der Waals surface area contributed by atoms with Gasteiger partial charge in [0.25, 0.3) is 0 Å². The molecule has 1 aromatic carbocycles. The Hall–Kier alpha value is -1.02. The van der Waals surface area contributed by atoms with Crippen molar-refractivity contribution in [2.75, 3.05) is 13.2 Å². The van der Waals surface area contributed by atoms with E-state index in [1.165, 1.54) is 37.7 Å². The van der Waals surface area contributed by atoms with Crippen LogP contribution in [-0.2, 0) is 0 Å². The summed E-state index contributed by atoms with van der Waals surface area (Å²) in [6, 6.07) is 9.26. The smallest absolute Gasteiger partial charge is 0.122 e. The molecule has 1 aromatic rings. The van der Waals surface area contributed by atoms with E-state index in [0.717, 1.165) is 18.9 Å². The fraction of sp³-hybridized carbons (Fsp3) is 0.647. The minimum atomic E-state index is 0.647. The first kappa shape index (κ1) is 14.4. The summed E-state index contributed by atoms with van der Waals surface area (Å²) in [5.41, 5.74) is 1.41. The molecule has 1 fully saturated rings. The van der Waals surface area contributed by atoms with Gasteiger partial charge in [0, 0.05) is 6.04 Å². The van der Waals surface area contributed by atoms with E-state index < -0.39 is 0 Å². The van der Waals surface area contributed by atoms with E-state index in [2.05, 4.69) is 43.4 Å². The van der Waals surface area contributed by atoms with E-state index in [1.807, 2.05) is 0 Å². The quantitative estimate of drug-likeness (QED) is 0.805. The van der Waals surface area contributed by atoms with Crippen LogP contribution in [0.3, 0.4) is 0 Å². The van der Waals surface area contributed by atoms with Crippen LogP contribution in [0.4, 0.5) is 0 Å². The monoisotopic (exact) mass is 261 g/mol. The van der Waals surface area contributed by atoms with Gasteiger partial charge in [0.15, 0.2) is 0 Å². The molecule has 2 nitrogen and oxygen atoms in total. The molecule has 2 rings (SSSR count). The fourth-order valence-electron chi connectivity index (χ4n) is 3.22. The van der Waals surface area contributed by atoms with Gasteiger partial charge >= 0.3 is 0 Å². The lowest BCUT2D eigenvalue weighted by molar-refractivity contribution is 0.331. The molecular formula is C17H27NO. The molecule has 1 aliphatic carbocycles. The van der Waals surface area contributed by atoms with Crippen molar-refractivity contribution in [2.45, 2.75) is 57.9 Å². The van der Waals surface area contributed by atoms with Crippen molar-refractivity contribution in [1.29, 1.82) is 0 Å². The molecule has 0 spiro atoms. The molecule has 2 unspecified atom stereocenters. The molecular weight excluding hydrogens is 234 g/mol. The van der Waals surface area contributed by atoms with Crippen molar-refractivity contribution in [1.82, 2.24) is 5.32 Å². The highest BCUT2D eigenvalue weighted by atomic mass is 16.5. The van der Waals surface area contributed by atoms with Gasteiger partial charge in [0.2, 0.25) is 0 Å². The third-order valence-electron chi connectivity index (χ3n) is 4.08. The van der Waals surface area contributed by atoms with Gasteiger partial charge in [-0.15, -0.1) is 0 Å². The lowest BCUT2D eigenvalue weighted by Gasteiger charge is -2.23. The van der Waals surface area contributed by atoms with Crippen molar-refractivity contribution >= 4 is 0 Å². The fourth-order valence-corrected chi connectivity index (χ4v) is 3.22. The SMILES string of the molecule is CCNC1CCCCC(c2ccccc2OCC)C1. The highest BCUT2D eigenvalue weighted by Crippen LogP contribution is 2.36. The number of para-hydroxylation sites is 1. The van der Waals surface area contributed by atoms with Crippen LogP contribution in [0.5, 0.6) is 5.75 Å². The molecule has 0 aliphatic heterocycles. The van der Waals surface area contributed by atoms with Crippen LogP contribution >= 0.6 is 0 Å². The van der Waals surface area contributed by atoms with Gasteiger partial charge in [-0.1, -0.05) is 38.0 Å². The van der Waals surface area contributed by atoms with E-state index in [1.54, 1.807) is 0 Å². The van der Waals surface area contributed by atoms with E-state index in [0.29, 0.717) is 12.0 Å². The van der Waals surface area contributed by atoms with Gasteiger partial charge in [-0.25, -0.2) is 0 Å². The average Bonchev–Trinajstić information content (AvgIpc) is 2.66. The van der Waals surface area contributed by atoms with Gasteiger partial charge < -0.3 is 10.1 Å². The normalized spacial score (nSPS) is 23.9. The standard InChI is InChI=1S/C17H27NO/c1-3-18-15-10-6-5-9-14(13-15)16-11-7-8-12-17(16)19-4-2/h7-8,11-12,14-15,18H,3-6,9-10,13H2,1-2H3. The molecule has 2 heteroatoms. The van der Waals surface area contributed by atoms with Gasteiger partial charge in [-0.3, -0.25) is 0 Å². The van der Waals surface area contributed by atoms with Crippen LogP contribution in [0, 0.1) is 0 Å². The summed E-state index contributed by atoms with van der Waals surface area (Å²) >= 11 is 0. The Morgan fingerprint density at radius 1 is 1.16 bits per heavy atom. The van der Waals surface area contributed by atoms with E-state index in [9.17, 15) is 0 Å². The van der Waals surface area contributed by atoms with E-state index in [-0.39, 0.29) is 0 Å². The Morgan fingerprint density at radius 3 is 2.74 bits per heavy atom. The Labute approximate surface area is 117 Å². The van der Waals surface area contributed by atoms with Crippen molar-refractivity contribution in [3.05, 3.63) is 29.8 Å². The Bertz CT molecular complexity index is 377. The number of hydrogen-bond acceptors (Lipinski definition) is 2. The number of benzene rings is 1. The second kappa shape index (κ2) is 7.54. The molecule has 1 N–H and O–H groups in total. The Morgan fingerprint density at radius 2 is 1.95 bits per heavy atom. The minimum absolute atomic E-state index is 0.647. The summed E-state index contributed by atoms with van der Waals surface area (Å²) < 4.78 is 5.81. The summed E-state index contributed by atoms with van der Waals surface area (Å²) in [5, 5.41) is 3.63. The lowest BCUT2D eigenvalue weighted by Crippen LogP contribution is -2.29. The van der Waals surface area contributed by atoms with Gasteiger partial charge in [0.05, 0.1) is 6.61 Å². The molecule has 1 aliphatic rings. The number of ether oxygens (including phenoxy) is 1. The summed E-state index contributed by atoms with van der Waals surface area (Å²) in [7, 11) is 0. The van der Waals surface area contributed by atoms with Gasteiger partial charge in [0.1, 0.15) is 5.75 Å². The van der Waals surface area contributed by atoms with Crippen LogP contribution in [-0.4, -0.2) is 19.2 Å². The lowest BCUT2D eigenvalue weighted by atomic mass is 9.89. The number of rotatable bonds is 5. The van der Waals surface area contributed by atoms with Crippen molar-refractivity contribution in [2.24, 2.45) is 0 Å². The molecule has 0 bridgehead atoms. The first-order valence-corrected chi connectivity index (χ1v) is 7.80. The molecule has 0 saturated heterocycles. The zero-order valence-corrected chi connectivity index (χ0v) is 12.3. The second-order valence-electron chi connectivity index (χ2n) is 5.44. The Kier molecular flexibility index (Phi) is 5.71. The molecule has 0 amide bonds. The summed E-state index contributed by atoms with van der Waals surface area (Å²) in [6.45, 7) is 6.09. The molecule has 0 aromatic heterocycles. The molecule has 0 radical (unpaired) electrons. The molecule has 106 valence electrons. The highest BCUT2D eigenvalue weighted by molar-refractivity contribution is 5.36. The van der Waals surface area contributed by atoms with Crippen LogP contribution in [0.1, 0.15) is 57.4 Å². The maximum atomic E-state index is 5.81. The van der Waals surface area contributed by atoms with Crippen LogP contribution in [0.15, 0.2) is 24.3 Å².